The van der Waals surface area contributed by atoms with Gasteiger partial charge in [0.25, 0.3) is 0 Å². The molecule has 33 heavy (non-hydrogen) atoms. The lowest BCUT2D eigenvalue weighted by molar-refractivity contribution is -0.274. The average molecular weight is 466 g/mol. The molecule has 3 heterocycles. The predicted molar refractivity (Wildman–Crippen MR) is 116 cm³/mol. The van der Waals surface area contributed by atoms with E-state index in [4.69, 9.17) is 10.8 Å². The van der Waals surface area contributed by atoms with Gasteiger partial charge in [-0.05, 0) is 69.5 Å². The fraction of sp³-hybridized carbons (Fsp3) is 0.652. The molecule has 7 nitrogen and oxygen atoms in total. The monoisotopic (exact) mass is 465 g/mol. The van der Waals surface area contributed by atoms with E-state index in [1.54, 1.807) is 0 Å². The molecule has 0 radical (unpaired) electrons. The molecule has 2 aromatic rings. The van der Waals surface area contributed by atoms with Crippen LogP contribution in [0, 0.1) is 17.8 Å². The van der Waals surface area contributed by atoms with Gasteiger partial charge in [0.1, 0.15) is 0 Å². The topological polar surface area (TPSA) is 89.4 Å². The van der Waals surface area contributed by atoms with Crippen molar-refractivity contribution in [3.05, 3.63) is 24.0 Å². The molecule has 2 aromatic heterocycles. The second-order valence-electron chi connectivity index (χ2n) is 9.96. The first-order valence-electron chi connectivity index (χ1n) is 11.6. The van der Waals surface area contributed by atoms with Gasteiger partial charge in [0.15, 0.2) is 11.6 Å². The third-order valence-electron chi connectivity index (χ3n) is 7.51. The minimum absolute atomic E-state index is 0.127. The van der Waals surface area contributed by atoms with E-state index >= 15 is 0 Å². The van der Waals surface area contributed by atoms with E-state index in [0.29, 0.717) is 41.0 Å². The second-order valence-corrected chi connectivity index (χ2v) is 9.96. The molecule has 1 aliphatic heterocycles. The number of aromatic nitrogens is 3. The summed E-state index contributed by atoms with van der Waals surface area (Å²) >= 11 is 0. The molecule has 0 aromatic carbocycles. The van der Waals surface area contributed by atoms with Gasteiger partial charge in [0.05, 0.1) is 5.69 Å². The number of aliphatic hydroxyl groups excluding tert-OH is 1. The Bertz CT molecular complexity index is 1010. The van der Waals surface area contributed by atoms with E-state index in [-0.39, 0.29) is 18.5 Å². The smallest absolute Gasteiger partial charge is 0.402 e. The fourth-order valence-electron chi connectivity index (χ4n) is 5.91. The quantitative estimate of drug-likeness (QED) is 0.674. The number of nitrogens with zero attached hydrogens (tertiary/aromatic N) is 4. The zero-order chi connectivity index (χ0) is 23.5. The minimum Gasteiger partial charge on any atom is -0.402 e. The average Bonchev–Trinajstić information content (AvgIpc) is 3.23. The second kappa shape index (κ2) is 8.16. The van der Waals surface area contributed by atoms with Crippen molar-refractivity contribution >= 4 is 5.82 Å². The SMILES string of the molecule is CC(C)n1nc(-c2cnc(N)c(OC(F)(F)F)c2)cc1[C@H]1[C@@H]2C[C@H](N3CC[C@H](CO)C3)C[C@@H]21. The lowest BCUT2D eigenvalue weighted by Crippen LogP contribution is -2.33. The molecule has 2 aliphatic carbocycles. The molecule has 0 amide bonds. The zero-order valence-corrected chi connectivity index (χ0v) is 18.8. The molecule has 3 fully saturated rings. The van der Waals surface area contributed by atoms with Crippen molar-refractivity contribution in [3.8, 4) is 17.0 Å². The van der Waals surface area contributed by atoms with Crippen molar-refractivity contribution in [1.82, 2.24) is 19.7 Å². The molecule has 5 rings (SSSR count). The first-order chi connectivity index (χ1) is 15.6. The van der Waals surface area contributed by atoms with Crippen LogP contribution >= 0.6 is 0 Å². The van der Waals surface area contributed by atoms with Crippen molar-refractivity contribution < 1.29 is 23.0 Å². The summed E-state index contributed by atoms with van der Waals surface area (Å²) in [5.41, 5.74) is 7.74. The van der Waals surface area contributed by atoms with Crippen LogP contribution in [-0.2, 0) is 0 Å². The van der Waals surface area contributed by atoms with Crippen LogP contribution in [0.4, 0.5) is 19.0 Å². The van der Waals surface area contributed by atoms with Crippen LogP contribution in [0.3, 0.4) is 0 Å². The van der Waals surface area contributed by atoms with E-state index in [1.165, 1.54) is 12.3 Å². The van der Waals surface area contributed by atoms with Gasteiger partial charge < -0.3 is 15.6 Å². The maximum Gasteiger partial charge on any atom is 0.573 e. The van der Waals surface area contributed by atoms with Crippen LogP contribution in [0.15, 0.2) is 18.3 Å². The van der Waals surface area contributed by atoms with Gasteiger partial charge in [0, 0.05) is 48.6 Å². The standard InChI is InChI=1S/C23H30F3N5O2/c1-12(2)31-19(21-16-6-15(7-17(16)21)30-4-3-13(10-30)11-32)8-18(29-31)14-5-20(22(27)28-9-14)33-23(24,25)26/h5,8-9,12-13,15-17,21,32H,3-4,6-7,10-11H2,1-2H3,(H2,27,28)/t13-,15-,16+,17-,21-/m0/s1. The fourth-order valence-corrected chi connectivity index (χ4v) is 5.91. The number of pyridine rings is 1. The van der Waals surface area contributed by atoms with E-state index in [1.807, 2.05) is 10.7 Å². The van der Waals surface area contributed by atoms with Crippen LogP contribution in [0.1, 0.15) is 50.8 Å². The molecule has 0 unspecified atom stereocenters. The largest absolute Gasteiger partial charge is 0.573 e. The summed E-state index contributed by atoms with van der Waals surface area (Å²) < 4.78 is 44.2. The van der Waals surface area contributed by atoms with Gasteiger partial charge in [0.2, 0.25) is 0 Å². The highest BCUT2D eigenvalue weighted by Gasteiger charge is 2.59. The molecular weight excluding hydrogens is 435 g/mol. The van der Waals surface area contributed by atoms with Crippen LogP contribution in [-0.4, -0.2) is 56.9 Å². The number of hydrogen-bond donors (Lipinski definition) is 2. The summed E-state index contributed by atoms with van der Waals surface area (Å²) in [6.45, 7) is 6.44. The van der Waals surface area contributed by atoms with Crippen LogP contribution in [0.2, 0.25) is 0 Å². The van der Waals surface area contributed by atoms with Crippen LogP contribution in [0.25, 0.3) is 11.3 Å². The van der Waals surface area contributed by atoms with Gasteiger partial charge >= 0.3 is 6.36 Å². The number of aliphatic hydroxyl groups is 1. The molecule has 1 saturated heterocycles. The highest BCUT2D eigenvalue weighted by atomic mass is 19.4. The lowest BCUT2D eigenvalue weighted by Gasteiger charge is -2.26. The summed E-state index contributed by atoms with van der Waals surface area (Å²) in [7, 11) is 0. The summed E-state index contributed by atoms with van der Waals surface area (Å²) in [5, 5.41) is 14.1. The summed E-state index contributed by atoms with van der Waals surface area (Å²) in [4.78, 5) is 6.43. The number of halogens is 3. The number of fused-ring (bicyclic) bond motifs is 1. The van der Waals surface area contributed by atoms with E-state index in [2.05, 4.69) is 28.5 Å². The van der Waals surface area contributed by atoms with Crippen molar-refractivity contribution in [2.45, 2.75) is 57.5 Å². The van der Waals surface area contributed by atoms with E-state index in [0.717, 1.165) is 38.0 Å². The highest BCUT2D eigenvalue weighted by Crippen LogP contribution is 2.64. The Balaban J connectivity index is 1.34. The summed E-state index contributed by atoms with van der Waals surface area (Å²) in [6.07, 6.45) is -0.0292. The van der Waals surface area contributed by atoms with E-state index in [9.17, 15) is 18.3 Å². The lowest BCUT2D eigenvalue weighted by atomic mass is 10.0. The number of anilines is 1. The number of hydrogen-bond acceptors (Lipinski definition) is 6. The molecule has 0 spiro atoms. The molecule has 2 saturated carbocycles. The minimum atomic E-state index is -4.84. The Morgan fingerprint density at radius 3 is 2.58 bits per heavy atom. The van der Waals surface area contributed by atoms with Crippen molar-refractivity contribution in [3.63, 3.8) is 0 Å². The Morgan fingerprint density at radius 2 is 1.97 bits per heavy atom. The maximum absolute atomic E-state index is 12.7. The summed E-state index contributed by atoms with van der Waals surface area (Å²) in [6, 6.07) is 3.95. The van der Waals surface area contributed by atoms with Gasteiger partial charge in [-0.3, -0.25) is 9.58 Å². The molecule has 3 aliphatic rings. The molecule has 180 valence electrons. The maximum atomic E-state index is 12.7. The molecule has 5 atom stereocenters. The van der Waals surface area contributed by atoms with Gasteiger partial charge in [-0.2, -0.15) is 5.10 Å². The van der Waals surface area contributed by atoms with Crippen molar-refractivity contribution in [2.75, 3.05) is 25.4 Å². The van der Waals surface area contributed by atoms with Crippen LogP contribution < -0.4 is 10.5 Å². The van der Waals surface area contributed by atoms with Gasteiger partial charge in [-0.15, -0.1) is 13.2 Å². The normalized spacial score (nSPS) is 29.6. The number of alkyl halides is 3. The predicted octanol–water partition coefficient (Wildman–Crippen LogP) is 3.81. The third kappa shape index (κ3) is 4.30. The highest BCUT2D eigenvalue weighted by molar-refractivity contribution is 5.64. The molecular formula is C23H30F3N5O2. The zero-order valence-electron chi connectivity index (χ0n) is 18.8. The van der Waals surface area contributed by atoms with Crippen molar-refractivity contribution in [1.29, 1.82) is 0 Å². The van der Waals surface area contributed by atoms with Gasteiger partial charge in [-0.25, -0.2) is 4.98 Å². The third-order valence-corrected chi connectivity index (χ3v) is 7.51. The van der Waals surface area contributed by atoms with Crippen LogP contribution in [0.5, 0.6) is 5.75 Å². The van der Waals surface area contributed by atoms with E-state index < -0.39 is 12.1 Å². The first kappa shape index (κ1) is 22.5. The van der Waals surface area contributed by atoms with Crippen molar-refractivity contribution in [2.24, 2.45) is 17.8 Å². The number of nitrogen functional groups attached to an aromatic ring is 1. The molecule has 10 heteroatoms. The first-order valence-corrected chi connectivity index (χ1v) is 11.6. The Hall–Kier alpha value is -2.33. The number of likely N-dealkylation sites (tertiary alicyclic amines) is 1. The molecule has 3 N–H and O–H groups in total. The number of ether oxygens (including phenoxy) is 1. The molecule has 0 bridgehead atoms. The Kier molecular flexibility index (Phi) is 5.55. The Morgan fingerprint density at radius 1 is 1.24 bits per heavy atom. The summed E-state index contributed by atoms with van der Waals surface area (Å²) in [5.74, 6) is 1.22. The Labute approximate surface area is 190 Å². The number of rotatable bonds is 6. The number of nitrogens with two attached hydrogens (primary N) is 1. The van der Waals surface area contributed by atoms with Gasteiger partial charge in [-0.1, -0.05) is 0 Å².